The summed E-state index contributed by atoms with van der Waals surface area (Å²) < 4.78 is 10.3. The number of benzene rings is 2. The van der Waals surface area contributed by atoms with E-state index in [4.69, 9.17) is 9.15 Å². The fourth-order valence-corrected chi connectivity index (χ4v) is 3.33. The molecule has 3 aromatic rings. The lowest BCUT2D eigenvalue weighted by Gasteiger charge is -2.28. The van der Waals surface area contributed by atoms with Crippen LogP contribution in [0.15, 0.2) is 65.3 Å². The molecular formula is C22H21N3O4. The van der Waals surface area contributed by atoms with Gasteiger partial charge in [0.2, 0.25) is 0 Å². The monoisotopic (exact) mass is 391 g/mol. The number of hydrogen-bond acceptors (Lipinski definition) is 4. The second-order valence-corrected chi connectivity index (χ2v) is 6.75. The largest absolute Gasteiger partial charge is 0.497 e. The number of carbonyl (C=O) groups excluding carboxylic acids is 2. The molecule has 3 amide bonds. The average Bonchev–Trinajstić information content (AvgIpc) is 3.28. The Morgan fingerprint density at radius 3 is 2.48 bits per heavy atom. The number of hydrogen-bond donors (Lipinski definition) is 2. The fourth-order valence-electron chi connectivity index (χ4n) is 3.33. The number of nitrogens with one attached hydrogen (secondary N) is 2. The van der Waals surface area contributed by atoms with Gasteiger partial charge in [-0.3, -0.25) is 4.79 Å². The molecule has 0 aliphatic carbocycles. The quantitative estimate of drug-likeness (QED) is 0.700. The molecule has 0 atom stereocenters. The summed E-state index contributed by atoms with van der Waals surface area (Å²) in [6.45, 7) is 1.11. The van der Waals surface area contributed by atoms with Crippen LogP contribution in [-0.2, 0) is 13.0 Å². The van der Waals surface area contributed by atoms with Gasteiger partial charge in [-0.05, 0) is 66.1 Å². The number of urea groups is 1. The predicted molar refractivity (Wildman–Crippen MR) is 109 cm³/mol. The zero-order valence-corrected chi connectivity index (χ0v) is 16.0. The second-order valence-electron chi connectivity index (χ2n) is 6.75. The molecule has 2 heterocycles. The SMILES string of the molecule is COc1ccc(NC(=O)Nc2ccc3c(c2)CN(C(=O)c2ccco2)CC3)cc1. The molecule has 2 N–H and O–H groups in total. The minimum absolute atomic E-state index is 0.128. The van der Waals surface area contributed by atoms with Crippen molar-refractivity contribution in [3.05, 3.63) is 77.7 Å². The molecule has 4 rings (SSSR count). The van der Waals surface area contributed by atoms with Gasteiger partial charge in [0, 0.05) is 24.5 Å². The van der Waals surface area contributed by atoms with Crippen LogP contribution in [0.1, 0.15) is 21.7 Å². The summed E-state index contributed by atoms with van der Waals surface area (Å²) in [5.41, 5.74) is 3.52. The first kappa shape index (κ1) is 18.6. The molecule has 1 aliphatic heterocycles. The van der Waals surface area contributed by atoms with Crippen molar-refractivity contribution in [2.45, 2.75) is 13.0 Å². The van der Waals surface area contributed by atoms with E-state index in [0.29, 0.717) is 30.2 Å². The molecule has 1 aromatic heterocycles. The lowest BCUT2D eigenvalue weighted by molar-refractivity contribution is 0.0702. The molecule has 0 spiro atoms. The van der Waals surface area contributed by atoms with E-state index in [1.165, 1.54) is 11.8 Å². The van der Waals surface area contributed by atoms with Gasteiger partial charge < -0.3 is 24.7 Å². The highest BCUT2D eigenvalue weighted by molar-refractivity contribution is 5.99. The summed E-state index contributed by atoms with van der Waals surface area (Å²) in [6, 6.07) is 15.9. The number of amides is 3. The third-order valence-corrected chi connectivity index (χ3v) is 4.84. The molecule has 0 bridgehead atoms. The van der Waals surface area contributed by atoms with Crippen LogP contribution in [0.2, 0.25) is 0 Å². The molecule has 0 unspecified atom stereocenters. The van der Waals surface area contributed by atoms with Gasteiger partial charge in [0.15, 0.2) is 5.76 Å². The van der Waals surface area contributed by atoms with Crippen molar-refractivity contribution in [3.63, 3.8) is 0 Å². The number of methoxy groups -OCH3 is 1. The fraction of sp³-hybridized carbons (Fsp3) is 0.182. The molecule has 0 fully saturated rings. The molecule has 148 valence electrons. The first-order valence-electron chi connectivity index (χ1n) is 9.29. The number of ether oxygens (including phenoxy) is 1. The van der Waals surface area contributed by atoms with Crippen LogP contribution in [-0.4, -0.2) is 30.5 Å². The molecule has 0 saturated carbocycles. The molecule has 7 nitrogen and oxygen atoms in total. The summed E-state index contributed by atoms with van der Waals surface area (Å²) in [5, 5.41) is 5.62. The Labute approximate surface area is 168 Å². The lowest BCUT2D eigenvalue weighted by atomic mass is 9.99. The molecule has 29 heavy (non-hydrogen) atoms. The third-order valence-electron chi connectivity index (χ3n) is 4.84. The first-order chi connectivity index (χ1) is 14.1. The van der Waals surface area contributed by atoms with Gasteiger partial charge in [-0.25, -0.2) is 4.79 Å². The van der Waals surface area contributed by atoms with Crippen molar-refractivity contribution in [1.82, 2.24) is 4.90 Å². The van der Waals surface area contributed by atoms with E-state index in [9.17, 15) is 9.59 Å². The summed E-state index contributed by atoms with van der Waals surface area (Å²) in [5.74, 6) is 0.928. The molecule has 7 heteroatoms. The third kappa shape index (κ3) is 4.24. The van der Waals surface area contributed by atoms with E-state index in [0.717, 1.165) is 17.7 Å². The maximum absolute atomic E-state index is 12.5. The highest BCUT2D eigenvalue weighted by Gasteiger charge is 2.23. The number of nitrogens with zero attached hydrogens (tertiary/aromatic N) is 1. The van der Waals surface area contributed by atoms with E-state index >= 15 is 0 Å². The van der Waals surface area contributed by atoms with Crippen molar-refractivity contribution in [1.29, 1.82) is 0 Å². The Morgan fingerprint density at radius 2 is 1.76 bits per heavy atom. The molecule has 0 saturated heterocycles. The number of fused-ring (bicyclic) bond motifs is 1. The number of furan rings is 1. The van der Waals surface area contributed by atoms with Crippen LogP contribution in [0, 0.1) is 0 Å². The second kappa shape index (κ2) is 8.10. The van der Waals surface area contributed by atoms with Gasteiger partial charge in [0.05, 0.1) is 13.4 Å². The van der Waals surface area contributed by atoms with E-state index in [1.807, 2.05) is 18.2 Å². The summed E-state index contributed by atoms with van der Waals surface area (Å²) in [6.07, 6.45) is 2.26. The predicted octanol–water partition coefficient (Wildman–Crippen LogP) is 4.13. The highest BCUT2D eigenvalue weighted by Crippen LogP contribution is 2.24. The van der Waals surface area contributed by atoms with Crippen molar-refractivity contribution < 1.29 is 18.7 Å². The van der Waals surface area contributed by atoms with Crippen molar-refractivity contribution in [2.75, 3.05) is 24.3 Å². The highest BCUT2D eigenvalue weighted by atomic mass is 16.5. The normalized spacial score (nSPS) is 12.8. The van der Waals surface area contributed by atoms with Gasteiger partial charge in [-0.1, -0.05) is 6.07 Å². The van der Waals surface area contributed by atoms with Crippen LogP contribution in [0.3, 0.4) is 0 Å². The maximum atomic E-state index is 12.5. The van der Waals surface area contributed by atoms with Crippen LogP contribution in [0.5, 0.6) is 5.75 Å². The first-order valence-corrected chi connectivity index (χ1v) is 9.29. The average molecular weight is 391 g/mol. The van der Waals surface area contributed by atoms with E-state index in [1.54, 1.807) is 48.4 Å². The Balaban J connectivity index is 1.41. The molecule has 0 radical (unpaired) electrons. The van der Waals surface area contributed by atoms with Gasteiger partial charge >= 0.3 is 6.03 Å². The topological polar surface area (TPSA) is 83.8 Å². The Morgan fingerprint density at radius 1 is 1.00 bits per heavy atom. The summed E-state index contributed by atoms with van der Waals surface area (Å²) in [7, 11) is 1.59. The van der Waals surface area contributed by atoms with Gasteiger partial charge in [-0.2, -0.15) is 0 Å². The maximum Gasteiger partial charge on any atom is 0.323 e. The zero-order valence-electron chi connectivity index (χ0n) is 16.0. The number of anilines is 2. The van der Waals surface area contributed by atoms with Crippen LogP contribution in [0.25, 0.3) is 0 Å². The van der Waals surface area contributed by atoms with Gasteiger partial charge in [0.1, 0.15) is 5.75 Å². The van der Waals surface area contributed by atoms with Crippen LogP contribution < -0.4 is 15.4 Å². The smallest absolute Gasteiger partial charge is 0.323 e. The Kier molecular flexibility index (Phi) is 5.20. The Hall–Kier alpha value is -3.74. The molecular weight excluding hydrogens is 370 g/mol. The number of carbonyl (C=O) groups is 2. The minimum atomic E-state index is -0.338. The van der Waals surface area contributed by atoms with Crippen molar-refractivity contribution in [2.24, 2.45) is 0 Å². The van der Waals surface area contributed by atoms with E-state index < -0.39 is 0 Å². The summed E-state index contributed by atoms with van der Waals surface area (Å²) >= 11 is 0. The van der Waals surface area contributed by atoms with Crippen LogP contribution >= 0.6 is 0 Å². The number of rotatable bonds is 4. The molecule has 1 aliphatic rings. The minimum Gasteiger partial charge on any atom is -0.497 e. The van der Waals surface area contributed by atoms with E-state index in [2.05, 4.69) is 10.6 Å². The van der Waals surface area contributed by atoms with Crippen molar-refractivity contribution >= 4 is 23.3 Å². The summed E-state index contributed by atoms with van der Waals surface area (Å²) in [4.78, 5) is 26.6. The van der Waals surface area contributed by atoms with Gasteiger partial charge in [0.25, 0.3) is 5.91 Å². The van der Waals surface area contributed by atoms with Gasteiger partial charge in [-0.15, -0.1) is 0 Å². The zero-order chi connectivity index (χ0) is 20.2. The Bertz CT molecular complexity index is 1010. The van der Waals surface area contributed by atoms with Crippen LogP contribution in [0.4, 0.5) is 16.2 Å². The van der Waals surface area contributed by atoms with Crippen molar-refractivity contribution in [3.8, 4) is 5.75 Å². The van der Waals surface area contributed by atoms with E-state index in [-0.39, 0.29) is 11.9 Å². The lowest BCUT2D eigenvalue weighted by Crippen LogP contribution is -2.35. The molecule has 2 aromatic carbocycles. The standard InChI is InChI=1S/C22H21N3O4/c1-28-19-8-6-17(7-9-19)23-22(27)24-18-5-4-15-10-11-25(14-16(15)13-18)21(26)20-3-2-12-29-20/h2-9,12-13H,10-11,14H2,1H3,(H2,23,24,27).